The third-order valence-corrected chi connectivity index (χ3v) is 2.23. The predicted octanol–water partition coefficient (Wildman–Crippen LogP) is 1.05. The predicted molar refractivity (Wildman–Crippen MR) is 57.0 cm³/mol. The minimum absolute atomic E-state index is 0.175. The second kappa shape index (κ2) is 5.66. The normalized spacial score (nSPS) is 13.9. The Labute approximate surface area is 97.9 Å². The van der Waals surface area contributed by atoms with Crippen LogP contribution in [0.15, 0.2) is 12.3 Å². The first kappa shape index (κ1) is 12.7. The first-order valence-electron chi connectivity index (χ1n) is 4.52. The molecule has 1 aromatic rings. The second-order valence-corrected chi connectivity index (χ2v) is 3.56. The van der Waals surface area contributed by atoms with E-state index in [9.17, 15) is 10.2 Å². The highest BCUT2D eigenvalue weighted by Gasteiger charge is 2.22. The van der Waals surface area contributed by atoms with E-state index in [2.05, 4.69) is 4.98 Å². The number of halogens is 1. The number of rotatable bonds is 4. The summed E-state index contributed by atoms with van der Waals surface area (Å²) in [6, 6.07) is 3.21. The smallest absolute Gasteiger partial charge is 0.219 e. The molecule has 2 atom stereocenters. The maximum Gasteiger partial charge on any atom is 0.219 e. The van der Waals surface area contributed by atoms with E-state index in [-0.39, 0.29) is 17.9 Å². The average molecular weight is 243 g/mol. The first-order chi connectivity index (χ1) is 7.60. The number of methoxy groups -OCH3 is 1. The van der Waals surface area contributed by atoms with Crippen molar-refractivity contribution in [1.82, 2.24) is 4.98 Å². The molecule has 16 heavy (non-hydrogen) atoms. The van der Waals surface area contributed by atoms with Gasteiger partial charge in [-0.2, -0.15) is 5.26 Å². The van der Waals surface area contributed by atoms with Gasteiger partial charge >= 0.3 is 0 Å². The third-order valence-electron chi connectivity index (χ3n) is 2.02. The van der Waals surface area contributed by atoms with Gasteiger partial charge in [0.1, 0.15) is 6.10 Å². The summed E-state index contributed by atoms with van der Waals surface area (Å²) < 4.78 is 4.93. The van der Waals surface area contributed by atoms with E-state index in [4.69, 9.17) is 21.6 Å². The van der Waals surface area contributed by atoms with E-state index in [0.717, 1.165) is 0 Å². The van der Waals surface area contributed by atoms with E-state index in [0.29, 0.717) is 5.02 Å². The van der Waals surface area contributed by atoms with Crippen molar-refractivity contribution in [1.29, 1.82) is 5.26 Å². The lowest BCUT2D eigenvalue weighted by Crippen LogP contribution is -2.18. The third kappa shape index (κ3) is 2.83. The van der Waals surface area contributed by atoms with E-state index < -0.39 is 12.2 Å². The molecular weight excluding hydrogens is 232 g/mol. The van der Waals surface area contributed by atoms with Crippen molar-refractivity contribution >= 4 is 11.6 Å². The molecule has 0 radical (unpaired) electrons. The van der Waals surface area contributed by atoms with Gasteiger partial charge in [0.2, 0.25) is 5.88 Å². The summed E-state index contributed by atoms with van der Waals surface area (Å²) in [6.07, 6.45) is -1.26. The molecule has 0 aliphatic carbocycles. The molecule has 5 nitrogen and oxygen atoms in total. The Hall–Kier alpha value is -1.35. The van der Waals surface area contributed by atoms with Crippen molar-refractivity contribution in [3.8, 4) is 11.9 Å². The summed E-state index contributed by atoms with van der Waals surface area (Å²) in [7, 11) is 1.39. The Morgan fingerprint density at radius 1 is 1.62 bits per heavy atom. The maximum atomic E-state index is 9.78. The lowest BCUT2D eigenvalue weighted by atomic mass is 10.0. The monoisotopic (exact) mass is 242 g/mol. The zero-order valence-corrected chi connectivity index (χ0v) is 9.35. The Morgan fingerprint density at radius 3 is 2.88 bits per heavy atom. The van der Waals surface area contributed by atoms with Gasteiger partial charge in [-0.1, -0.05) is 11.6 Å². The van der Waals surface area contributed by atoms with Gasteiger partial charge < -0.3 is 14.9 Å². The van der Waals surface area contributed by atoms with Crippen LogP contribution in [0.5, 0.6) is 5.88 Å². The van der Waals surface area contributed by atoms with E-state index >= 15 is 0 Å². The van der Waals surface area contributed by atoms with Gasteiger partial charge in [-0.25, -0.2) is 4.98 Å². The fourth-order valence-corrected chi connectivity index (χ4v) is 1.40. The van der Waals surface area contributed by atoms with E-state index in [1.54, 1.807) is 6.07 Å². The van der Waals surface area contributed by atoms with Gasteiger partial charge in [0.15, 0.2) is 0 Å². The highest BCUT2D eigenvalue weighted by Crippen LogP contribution is 2.28. The zero-order valence-electron chi connectivity index (χ0n) is 8.59. The molecule has 0 bridgehead atoms. The molecule has 2 unspecified atom stereocenters. The molecule has 0 saturated heterocycles. The molecule has 1 heterocycles. The van der Waals surface area contributed by atoms with Crippen LogP contribution in [-0.2, 0) is 0 Å². The van der Waals surface area contributed by atoms with E-state index in [1.165, 1.54) is 19.4 Å². The van der Waals surface area contributed by atoms with Crippen LogP contribution < -0.4 is 4.74 Å². The number of aliphatic hydroxyl groups is 2. The number of aliphatic hydroxyl groups excluding tert-OH is 2. The van der Waals surface area contributed by atoms with Crippen LogP contribution in [0.4, 0.5) is 0 Å². The molecule has 0 fully saturated rings. The molecule has 0 aromatic carbocycles. The second-order valence-electron chi connectivity index (χ2n) is 3.13. The van der Waals surface area contributed by atoms with Crippen molar-refractivity contribution < 1.29 is 14.9 Å². The molecule has 0 aliphatic heterocycles. The minimum atomic E-state index is -1.25. The summed E-state index contributed by atoms with van der Waals surface area (Å²) in [5, 5.41) is 28.0. The first-order valence-corrected chi connectivity index (χ1v) is 4.90. The molecule has 86 valence electrons. The highest BCUT2D eigenvalue weighted by molar-refractivity contribution is 6.30. The molecule has 6 heteroatoms. The summed E-state index contributed by atoms with van der Waals surface area (Å²) in [6.45, 7) is 0. The van der Waals surface area contributed by atoms with Crippen LogP contribution in [-0.4, -0.2) is 28.4 Å². The molecule has 0 amide bonds. The zero-order chi connectivity index (χ0) is 12.1. The number of hydrogen-bond donors (Lipinski definition) is 2. The summed E-state index contributed by atoms with van der Waals surface area (Å²) >= 11 is 5.72. The molecule has 0 spiro atoms. The van der Waals surface area contributed by atoms with Crippen molar-refractivity contribution in [2.45, 2.75) is 18.6 Å². The number of hydrogen-bond acceptors (Lipinski definition) is 5. The van der Waals surface area contributed by atoms with Crippen molar-refractivity contribution in [3.05, 3.63) is 22.8 Å². The van der Waals surface area contributed by atoms with Crippen molar-refractivity contribution in [2.75, 3.05) is 7.11 Å². The van der Waals surface area contributed by atoms with Crippen LogP contribution in [0, 0.1) is 11.3 Å². The van der Waals surface area contributed by atoms with Crippen LogP contribution in [0.2, 0.25) is 5.02 Å². The number of aromatic nitrogens is 1. The molecule has 0 aliphatic rings. The SMILES string of the molecule is COc1ncc(Cl)cc1C(O)C(O)CC#N. The number of nitriles is 1. The molecule has 1 aromatic heterocycles. The van der Waals surface area contributed by atoms with Crippen LogP contribution in [0.1, 0.15) is 18.1 Å². The summed E-state index contributed by atoms with van der Waals surface area (Å²) in [4.78, 5) is 3.85. The summed E-state index contributed by atoms with van der Waals surface area (Å²) in [5.41, 5.74) is 0.262. The van der Waals surface area contributed by atoms with Crippen LogP contribution in [0.3, 0.4) is 0 Å². The van der Waals surface area contributed by atoms with Gasteiger partial charge in [-0.15, -0.1) is 0 Å². The van der Waals surface area contributed by atoms with Gasteiger partial charge in [0, 0.05) is 11.8 Å². The Balaban J connectivity index is 3.01. The van der Waals surface area contributed by atoms with Crippen LogP contribution >= 0.6 is 11.6 Å². The van der Waals surface area contributed by atoms with Gasteiger partial charge in [-0.05, 0) is 6.07 Å². The summed E-state index contributed by atoms with van der Waals surface area (Å²) in [5.74, 6) is 0.175. The molecule has 2 N–H and O–H groups in total. The number of pyridine rings is 1. The maximum absolute atomic E-state index is 9.78. The Morgan fingerprint density at radius 2 is 2.31 bits per heavy atom. The highest BCUT2D eigenvalue weighted by atomic mass is 35.5. The molecule has 0 saturated carbocycles. The van der Waals surface area contributed by atoms with Crippen molar-refractivity contribution in [2.24, 2.45) is 0 Å². The fraction of sp³-hybridized carbons (Fsp3) is 0.400. The topological polar surface area (TPSA) is 86.4 Å². The van der Waals surface area contributed by atoms with E-state index in [1.807, 2.05) is 0 Å². The number of ether oxygens (including phenoxy) is 1. The lowest BCUT2D eigenvalue weighted by molar-refractivity contribution is 0.0199. The lowest BCUT2D eigenvalue weighted by Gasteiger charge is -2.17. The van der Waals surface area contributed by atoms with Crippen molar-refractivity contribution in [3.63, 3.8) is 0 Å². The standard InChI is InChI=1S/C10H11ClN2O3/c1-16-10-7(4-6(11)5-13-10)9(15)8(14)2-3-12/h4-5,8-9,14-15H,2H2,1H3. The van der Waals surface area contributed by atoms with Crippen LogP contribution in [0.25, 0.3) is 0 Å². The number of nitrogens with zero attached hydrogens (tertiary/aromatic N) is 2. The fourth-order valence-electron chi connectivity index (χ4n) is 1.24. The molecular formula is C10H11ClN2O3. The average Bonchev–Trinajstić information content (AvgIpc) is 2.28. The van der Waals surface area contributed by atoms with Gasteiger partial charge in [-0.3, -0.25) is 0 Å². The van der Waals surface area contributed by atoms with Gasteiger partial charge in [0.25, 0.3) is 0 Å². The minimum Gasteiger partial charge on any atom is -0.481 e. The Kier molecular flexibility index (Phi) is 4.50. The Bertz CT molecular complexity index is 406. The largest absolute Gasteiger partial charge is 0.481 e. The molecule has 1 rings (SSSR count). The quantitative estimate of drug-likeness (QED) is 0.824. The van der Waals surface area contributed by atoms with Gasteiger partial charge in [0.05, 0.1) is 30.7 Å².